The van der Waals surface area contributed by atoms with Gasteiger partial charge in [-0.3, -0.25) is 4.79 Å². The van der Waals surface area contributed by atoms with Crippen molar-refractivity contribution in [3.05, 3.63) is 35.7 Å². The van der Waals surface area contributed by atoms with Crippen molar-refractivity contribution in [1.82, 2.24) is 14.7 Å². The summed E-state index contributed by atoms with van der Waals surface area (Å²) in [5.41, 5.74) is 0.701. The lowest BCUT2D eigenvalue weighted by molar-refractivity contribution is 0.101. The third-order valence-corrected chi connectivity index (χ3v) is 2.90. The molecule has 0 unspecified atom stereocenters. The number of Topliss-reactive ketones (excluding diaryl/α,β-unsaturated/α-hetero) is 1. The Morgan fingerprint density at radius 2 is 2.41 bits per heavy atom. The molecule has 88 valence electrons. The minimum atomic E-state index is 0.0629. The van der Waals surface area contributed by atoms with E-state index >= 15 is 0 Å². The van der Waals surface area contributed by atoms with Crippen molar-refractivity contribution >= 4 is 5.78 Å². The zero-order valence-corrected chi connectivity index (χ0v) is 9.59. The van der Waals surface area contributed by atoms with Gasteiger partial charge in [-0.2, -0.15) is 4.98 Å². The van der Waals surface area contributed by atoms with Crippen LogP contribution in [0.4, 0.5) is 0 Å². The molecule has 0 aromatic carbocycles. The van der Waals surface area contributed by atoms with E-state index in [4.69, 9.17) is 4.52 Å². The maximum atomic E-state index is 11.1. The predicted molar refractivity (Wildman–Crippen MR) is 59.8 cm³/mol. The highest BCUT2D eigenvalue weighted by molar-refractivity contribution is 5.93. The van der Waals surface area contributed by atoms with Gasteiger partial charge in [-0.25, -0.2) is 0 Å². The largest absolute Gasteiger partial charge is 0.344 e. The van der Waals surface area contributed by atoms with E-state index in [2.05, 4.69) is 10.1 Å². The third-order valence-electron chi connectivity index (χ3n) is 2.90. The first-order valence-electron chi connectivity index (χ1n) is 5.71. The van der Waals surface area contributed by atoms with Crippen molar-refractivity contribution in [2.75, 3.05) is 0 Å². The maximum Gasteiger partial charge on any atom is 0.246 e. The molecular weight excluding hydrogens is 218 g/mol. The van der Waals surface area contributed by atoms with Crippen LogP contribution in [-0.4, -0.2) is 20.5 Å². The van der Waals surface area contributed by atoms with Crippen LogP contribution in [-0.2, 0) is 6.54 Å². The van der Waals surface area contributed by atoms with E-state index in [1.165, 1.54) is 0 Å². The minimum Gasteiger partial charge on any atom is -0.344 e. The van der Waals surface area contributed by atoms with Gasteiger partial charge in [0.1, 0.15) is 6.54 Å². The van der Waals surface area contributed by atoms with E-state index in [0.717, 1.165) is 18.7 Å². The summed E-state index contributed by atoms with van der Waals surface area (Å²) in [6.07, 6.45) is 5.97. The number of nitrogens with zero attached hydrogens (tertiary/aromatic N) is 3. The highest BCUT2D eigenvalue weighted by Gasteiger charge is 2.28. The molecule has 1 fully saturated rings. The molecule has 5 heteroatoms. The average molecular weight is 231 g/mol. The molecule has 2 aromatic rings. The van der Waals surface area contributed by atoms with Gasteiger partial charge in [0.05, 0.1) is 0 Å². The Bertz CT molecular complexity index is 552. The van der Waals surface area contributed by atoms with Crippen LogP contribution in [0.2, 0.25) is 0 Å². The van der Waals surface area contributed by atoms with E-state index in [1.807, 2.05) is 10.8 Å². The first-order valence-corrected chi connectivity index (χ1v) is 5.71. The zero-order valence-electron chi connectivity index (χ0n) is 9.59. The molecule has 0 atom stereocenters. The number of hydrogen-bond donors (Lipinski definition) is 0. The lowest BCUT2D eigenvalue weighted by Crippen LogP contribution is -1.97. The Labute approximate surface area is 98.4 Å². The molecule has 2 aromatic heterocycles. The van der Waals surface area contributed by atoms with Gasteiger partial charge in [-0.1, -0.05) is 5.16 Å². The molecule has 0 aliphatic heterocycles. The number of carbonyl (C=O) groups is 1. The topological polar surface area (TPSA) is 60.9 Å². The molecule has 1 saturated carbocycles. The van der Waals surface area contributed by atoms with Crippen LogP contribution in [0.25, 0.3) is 0 Å². The molecule has 0 bridgehead atoms. The summed E-state index contributed by atoms with van der Waals surface area (Å²) in [5.74, 6) is 1.98. The van der Waals surface area contributed by atoms with Crippen LogP contribution in [0.5, 0.6) is 0 Å². The van der Waals surface area contributed by atoms with Gasteiger partial charge in [0.2, 0.25) is 5.89 Å². The van der Waals surface area contributed by atoms with E-state index in [9.17, 15) is 4.79 Å². The summed E-state index contributed by atoms with van der Waals surface area (Å²) >= 11 is 0. The van der Waals surface area contributed by atoms with Gasteiger partial charge >= 0.3 is 0 Å². The molecular formula is C12H13N3O2. The normalized spacial score (nSPS) is 15.1. The molecule has 2 heterocycles. The molecule has 0 saturated heterocycles. The minimum absolute atomic E-state index is 0.0629. The van der Waals surface area contributed by atoms with Gasteiger partial charge in [0.25, 0.3) is 0 Å². The summed E-state index contributed by atoms with van der Waals surface area (Å²) in [6.45, 7) is 2.07. The van der Waals surface area contributed by atoms with Crippen LogP contribution >= 0.6 is 0 Å². The second kappa shape index (κ2) is 3.84. The first kappa shape index (κ1) is 10.3. The highest BCUT2D eigenvalue weighted by atomic mass is 16.5. The maximum absolute atomic E-state index is 11.1. The van der Waals surface area contributed by atoms with Gasteiger partial charge in [-0.05, 0) is 25.8 Å². The summed E-state index contributed by atoms with van der Waals surface area (Å²) in [7, 11) is 0. The number of ketones is 1. The molecule has 17 heavy (non-hydrogen) atoms. The van der Waals surface area contributed by atoms with E-state index < -0.39 is 0 Å². The summed E-state index contributed by atoms with van der Waals surface area (Å²) < 4.78 is 7.05. The predicted octanol–water partition coefficient (Wildman–Crippen LogP) is 2.00. The molecule has 5 nitrogen and oxygen atoms in total. The van der Waals surface area contributed by atoms with Crippen molar-refractivity contribution in [2.45, 2.75) is 32.2 Å². The van der Waals surface area contributed by atoms with Crippen molar-refractivity contribution in [1.29, 1.82) is 0 Å². The van der Waals surface area contributed by atoms with Crippen LogP contribution < -0.4 is 0 Å². The number of aromatic nitrogens is 3. The lowest BCUT2D eigenvalue weighted by Gasteiger charge is -1.95. The van der Waals surface area contributed by atoms with Crippen LogP contribution in [0.15, 0.2) is 23.0 Å². The van der Waals surface area contributed by atoms with Crippen molar-refractivity contribution in [2.24, 2.45) is 0 Å². The second-order valence-electron chi connectivity index (χ2n) is 4.45. The number of carbonyl (C=O) groups excluding carboxylic acids is 1. The Balaban J connectivity index is 1.73. The Kier molecular flexibility index (Phi) is 2.31. The quantitative estimate of drug-likeness (QED) is 0.755. The monoisotopic (exact) mass is 231 g/mol. The lowest BCUT2D eigenvalue weighted by atomic mass is 10.2. The van der Waals surface area contributed by atoms with Crippen molar-refractivity contribution in [3.8, 4) is 0 Å². The summed E-state index contributed by atoms with van der Waals surface area (Å²) in [6, 6.07) is 1.79. The summed E-state index contributed by atoms with van der Waals surface area (Å²) in [5, 5.41) is 3.95. The molecule has 0 radical (unpaired) electrons. The Morgan fingerprint density at radius 3 is 3.06 bits per heavy atom. The van der Waals surface area contributed by atoms with Gasteiger partial charge < -0.3 is 9.09 Å². The van der Waals surface area contributed by atoms with E-state index in [-0.39, 0.29) is 5.78 Å². The average Bonchev–Trinajstić information content (AvgIpc) is 2.87. The van der Waals surface area contributed by atoms with Crippen LogP contribution in [0, 0.1) is 0 Å². The highest BCUT2D eigenvalue weighted by Crippen LogP contribution is 2.38. The molecule has 1 aliphatic rings. The fourth-order valence-corrected chi connectivity index (χ4v) is 1.74. The SMILES string of the molecule is CC(=O)c1ccn(Cc2nc(C3CC3)no2)c1. The van der Waals surface area contributed by atoms with Crippen LogP contribution in [0.1, 0.15) is 47.8 Å². The van der Waals surface area contributed by atoms with Crippen molar-refractivity contribution < 1.29 is 9.32 Å². The van der Waals surface area contributed by atoms with Gasteiger partial charge in [0, 0.05) is 23.9 Å². The van der Waals surface area contributed by atoms with E-state index in [1.54, 1.807) is 19.2 Å². The molecule has 3 rings (SSSR count). The Morgan fingerprint density at radius 1 is 1.59 bits per heavy atom. The van der Waals surface area contributed by atoms with Gasteiger partial charge in [0.15, 0.2) is 11.6 Å². The number of hydrogen-bond acceptors (Lipinski definition) is 4. The Hall–Kier alpha value is -1.91. The van der Waals surface area contributed by atoms with Gasteiger partial charge in [-0.15, -0.1) is 0 Å². The smallest absolute Gasteiger partial charge is 0.246 e. The zero-order chi connectivity index (χ0) is 11.8. The molecule has 0 amide bonds. The third kappa shape index (κ3) is 2.13. The molecule has 1 aliphatic carbocycles. The first-order chi connectivity index (χ1) is 8.22. The summed E-state index contributed by atoms with van der Waals surface area (Å²) in [4.78, 5) is 15.5. The standard InChI is InChI=1S/C12H13N3O2/c1-8(16)10-4-5-15(6-10)7-11-13-12(14-17-11)9-2-3-9/h4-6,9H,2-3,7H2,1H3. The van der Waals surface area contributed by atoms with E-state index in [0.29, 0.717) is 23.9 Å². The van der Waals surface area contributed by atoms with Crippen molar-refractivity contribution in [3.63, 3.8) is 0 Å². The number of rotatable bonds is 4. The molecule has 0 spiro atoms. The fourth-order valence-electron chi connectivity index (χ4n) is 1.74. The molecule has 0 N–H and O–H groups in total. The second-order valence-corrected chi connectivity index (χ2v) is 4.45. The fraction of sp³-hybridized carbons (Fsp3) is 0.417. The van der Waals surface area contributed by atoms with Crippen LogP contribution in [0.3, 0.4) is 0 Å².